The van der Waals surface area contributed by atoms with Gasteiger partial charge in [0, 0.05) is 113 Å². The topological polar surface area (TPSA) is 627 Å². The number of nitrogens with two attached hydrogens (primary N) is 3. The lowest BCUT2D eigenvalue weighted by Gasteiger charge is -2.36. The zero-order valence-corrected chi connectivity index (χ0v) is 74.3. The molecular formula is C87H116N18O23S2. The minimum atomic E-state index is -1.93. The molecule has 9 rings (SSSR count). The molecule has 0 unspecified atom stereocenters. The summed E-state index contributed by atoms with van der Waals surface area (Å²) in [5, 5.41) is 78.5. The van der Waals surface area contributed by atoms with Crippen molar-refractivity contribution in [2.75, 3.05) is 72.0 Å². The summed E-state index contributed by atoms with van der Waals surface area (Å²) in [6, 6.07) is -1.55. The number of allylic oxidation sites excluding steroid dienone is 2. The second kappa shape index (κ2) is 48.3. The van der Waals surface area contributed by atoms with Gasteiger partial charge in [0.15, 0.2) is 5.78 Å². The minimum absolute atomic E-state index is 0.00342. The highest BCUT2D eigenvalue weighted by atomic mass is 32.2. The van der Waals surface area contributed by atoms with E-state index in [4.69, 9.17) is 17.2 Å². The van der Waals surface area contributed by atoms with Crippen LogP contribution in [-0.2, 0) is 106 Å². The summed E-state index contributed by atoms with van der Waals surface area (Å²) in [5.74, 6) is -21.5. The Morgan fingerprint density at radius 1 is 0.546 bits per heavy atom. The number of carbonyl (C=O) groups excluding carboxylic acids is 16. The number of nitrogens with zero attached hydrogens (tertiary/aromatic N) is 5. The van der Waals surface area contributed by atoms with Crippen LogP contribution in [0.5, 0.6) is 5.75 Å². The SMILES string of the molecule is C[C@H]1C(=O)N[C@@H](CC(=O)O)C(=O)N2CCC[C@H]2C(=O)N[C@@H](CN)C(=O)N[C@@H](CCC(=O)O)C(=O)N2C[C@H](O)C[C@H]2C(=O)C[C@@H](Cc2c[nH]c3ccccc23)C(=O)N[C@@H](CO)C(=O)N[C@@H](Cc2csc3ccccc23)C(=O)N(C)[C@H]2CCCC/C=C\CCCC[C@@H](C(=O)N[C@@H](CN)C(=O)N[C@H](C(=O)NCC(N)=O)CSCC(=O)N[C@@H](Cc3ccc(O)cc3)C(=O)N1C)N(C)C2=O. The van der Waals surface area contributed by atoms with Crippen molar-refractivity contribution in [3.05, 3.63) is 113 Å². The number of aliphatic hydroxyl groups is 2. The summed E-state index contributed by atoms with van der Waals surface area (Å²) in [6.45, 7) is -2.71. The number of aromatic hydroxyl groups is 1. The number of thioether (sulfide) groups is 1. The summed E-state index contributed by atoms with van der Waals surface area (Å²) in [6.07, 6.45) is 2.56. The number of aromatic nitrogens is 1. The van der Waals surface area contributed by atoms with E-state index in [0.717, 1.165) is 41.0 Å². The maximum atomic E-state index is 15.7. The number of primary amides is 1. The van der Waals surface area contributed by atoms with Gasteiger partial charge in [-0.15, -0.1) is 23.1 Å². The molecular weight excluding hydrogens is 1730 g/mol. The Hall–Kier alpha value is -12.4. The number of H-pyrrole nitrogens is 1. The molecule has 0 saturated carbocycles. The maximum Gasteiger partial charge on any atom is 0.305 e. The number of hydrogen-bond acceptors (Lipinski definition) is 25. The molecule has 130 heavy (non-hydrogen) atoms. The third-order valence-electron chi connectivity index (χ3n) is 23.6. The molecule has 3 saturated heterocycles. The number of thiophene rings is 1. The molecule has 4 aliphatic heterocycles. The van der Waals surface area contributed by atoms with Crippen LogP contribution in [0.2, 0.25) is 0 Å². The van der Waals surface area contributed by atoms with Crippen molar-refractivity contribution >= 4 is 150 Å². The van der Waals surface area contributed by atoms with Gasteiger partial charge >= 0.3 is 11.9 Å². The van der Waals surface area contributed by atoms with Crippen LogP contribution in [0.15, 0.2) is 96.5 Å². The average Bonchev–Trinajstić information content (AvgIpc) is 1.70. The molecule has 3 fully saturated rings. The second-order valence-electron chi connectivity index (χ2n) is 32.9. The maximum absolute atomic E-state index is 15.7. The molecule has 21 N–H and O–H groups in total. The molecule has 15 atom stereocenters. The Morgan fingerprint density at radius 2 is 1.12 bits per heavy atom. The van der Waals surface area contributed by atoms with Gasteiger partial charge in [0.25, 0.3) is 0 Å². The van der Waals surface area contributed by atoms with Crippen LogP contribution in [0.4, 0.5) is 0 Å². The number of carboxylic acids is 2. The molecule has 5 aromatic rings. The van der Waals surface area contributed by atoms with Crippen molar-refractivity contribution in [3.63, 3.8) is 0 Å². The number of amides is 15. The summed E-state index contributed by atoms with van der Waals surface area (Å²) >= 11 is 2.08. The standard InChI is InChI=1S/C87H116N18O23S2/c1-47-75(116)95-60(37-74(114)115)86(127)104-31-17-23-66(104)82(123)98-61(38-88)78(119)94-57(29-30-73(112)113)85(126)105-42-53(108)36-68(105)69(109)35-49(33-50-40-91-56-20-15-13-18-54(50)56)76(117)99-63(43-106)80(121)96-59(34-51-44-130-70-24-16-14-19-55(51)70)84(125)103(4)67-22-12-10-8-6-5-7-9-11-21-65(102(3)87(67)128)81(122)97-62(39-89)79(120)100-64(77(118)92-41-71(90)110)45-129-46-72(111)93-58(83(124)101(47)2)32-48-25-27-52(107)28-26-48/h5-6,13-16,18-20,24-28,40,44,47,49,53,57-68,91,106-108H,7-12,17,21-23,29-39,41-43,45-46,88-89H2,1-4H3,(H2,90,110)(H,92,118)(H,93,111)(H,94,119)(H,95,116)(H,96,121)(H,97,122)(H,98,123)(H,99,117)(H,100,120)(H,112,113)(H,114,115)/b6-5-/t47-,49+,53+,57-,58-,59-,60-,61-,62-,63-,64-,65-,66-,67-,68-/m0/s1. The third kappa shape index (κ3) is 27.6. The zero-order valence-electron chi connectivity index (χ0n) is 72.7. The van der Waals surface area contributed by atoms with Gasteiger partial charge in [-0.2, -0.15) is 0 Å². The van der Waals surface area contributed by atoms with E-state index < -0.39 is 273 Å². The first-order chi connectivity index (χ1) is 62.0. The van der Waals surface area contributed by atoms with Crippen LogP contribution in [0.1, 0.15) is 120 Å². The number of aliphatic carboxylic acids is 2. The van der Waals surface area contributed by atoms with Gasteiger partial charge < -0.3 is 120 Å². The molecule has 2 bridgehead atoms. The second-order valence-corrected chi connectivity index (χ2v) is 34.8. The molecule has 15 amide bonds. The van der Waals surface area contributed by atoms with Crippen molar-refractivity contribution < 1.29 is 112 Å². The van der Waals surface area contributed by atoms with Crippen molar-refractivity contribution in [1.82, 2.24) is 77.3 Å². The molecule has 0 aliphatic carbocycles. The lowest BCUT2D eigenvalue weighted by atomic mass is 9.90. The van der Waals surface area contributed by atoms with Gasteiger partial charge in [-0.25, -0.2) is 0 Å². The van der Waals surface area contributed by atoms with E-state index in [0.29, 0.717) is 71.5 Å². The van der Waals surface area contributed by atoms with Gasteiger partial charge in [0.2, 0.25) is 88.6 Å². The van der Waals surface area contributed by atoms with Crippen molar-refractivity contribution in [1.29, 1.82) is 0 Å². The van der Waals surface area contributed by atoms with Crippen molar-refractivity contribution in [2.45, 2.75) is 207 Å². The van der Waals surface area contributed by atoms with E-state index in [1.54, 1.807) is 54.0 Å². The number of nitrogens with one attached hydrogen (secondary N) is 10. The number of ketones is 1. The summed E-state index contributed by atoms with van der Waals surface area (Å²) in [7, 11) is 3.86. The van der Waals surface area contributed by atoms with E-state index in [2.05, 4.69) is 52.8 Å². The number of fused-ring (bicyclic) bond motifs is 7. The van der Waals surface area contributed by atoms with E-state index >= 15 is 33.6 Å². The molecule has 43 heteroatoms. The van der Waals surface area contributed by atoms with Crippen LogP contribution >= 0.6 is 23.1 Å². The number of phenolic OH excluding ortho intramolecular Hbond substituents is 1. The third-order valence-corrected chi connectivity index (χ3v) is 25.7. The normalized spacial score (nSPS) is 26.5. The van der Waals surface area contributed by atoms with Crippen LogP contribution in [0.3, 0.4) is 0 Å². The highest BCUT2D eigenvalue weighted by Gasteiger charge is 2.47. The number of para-hydroxylation sites is 1. The van der Waals surface area contributed by atoms with Gasteiger partial charge in [-0.05, 0) is 123 Å². The fraction of sp³-hybridized carbons (Fsp3) is 0.517. The first-order valence-electron chi connectivity index (χ1n) is 43.1. The van der Waals surface area contributed by atoms with Gasteiger partial charge in [0.05, 0.1) is 37.5 Å². The van der Waals surface area contributed by atoms with Crippen molar-refractivity contribution in [2.24, 2.45) is 23.1 Å². The van der Waals surface area contributed by atoms with Gasteiger partial charge in [0.1, 0.15) is 78.3 Å². The summed E-state index contributed by atoms with van der Waals surface area (Å²) in [4.78, 5) is 267. The number of aliphatic hydroxyl groups excluding tert-OH is 2. The number of hydrogen-bond donors (Lipinski definition) is 18. The van der Waals surface area contributed by atoms with E-state index in [9.17, 15) is 78.3 Å². The number of rotatable bonds is 17. The van der Waals surface area contributed by atoms with Gasteiger partial charge in [-0.1, -0.05) is 73.5 Å². The largest absolute Gasteiger partial charge is 0.508 e. The van der Waals surface area contributed by atoms with E-state index in [1.807, 2.05) is 18.2 Å². The Labute approximate surface area is 757 Å². The van der Waals surface area contributed by atoms with E-state index in [-0.39, 0.29) is 57.2 Å². The monoisotopic (exact) mass is 1840 g/mol. The number of phenols is 1. The average molecular weight is 1850 g/mol. The van der Waals surface area contributed by atoms with Crippen LogP contribution in [-0.4, -0.2) is 318 Å². The summed E-state index contributed by atoms with van der Waals surface area (Å²) < 4.78 is 0.804. The fourth-order valence-electron chi connectivity index (χ4n) is 16.2. The molecule has 0 spiro atoms. The van der Waals surface area contributed by atoms with Crippen LogP contribution in [0, 0.1) is 5.92 Å². The number of carbonyl (C=O) groups is 18. The quantitative estimate of drug-likeness (QED) is 0.0422. The molecule has 2 aromatic heterocycles. The first-order valence-corrected chi connectivity index (χ1v) is 45.1. The molecule has 6 heterocycles. The highest BCUT2D eigenvalue weighted by Crippen LogP contribution is 2.31. The van der Waals surface area contributed by atoms with Crippen LogP contribution < -0.4 is 65.1 Å². The smallest absolute Gasteiger partial charge is 0.305 e. The van der Waals surface area contributed by atoms with E-state index in [1.165, 1.54) is 63.7 Å². The number of likely N-dealkylation sites (N-methyl/N-ethyl adjacent to an activating group) is 3. The lowest BCUT2D eigenvalue weighted by Crippen LogP contribution is -2.61. The number of Topliss-reactive ketones (excluding diaryl/α,β-unsaturated/α-hetero) is 1. The zero-order chi connectivity index (χ0) is 94.7. The number of carboxylic acid groups (broad SMARTS) is 2. The summed E-state index contributed by atoms with van der Waals surface area (Å²) in [5.41, 5.74) is 19.8. The molecule has 704 valence electrons. The minimum Gasteiger partial charge on any atom is -0.508 e. The number of aromatic amines is 1. The fourth-order valence-corrected chi connectivity index (χ4v) is 18.1. The first kappa shape index (κ1) is 101. The lowest BCUT2D eigenvalue weighted by molar-refractivity contribution is -0.149. The Balaban J connectivity index is 1.08. The van der Waals surface area contributed by atoms with Crippen molar-refractivity contribution in [3.8, 4) is 5.75 Å². The molecule has 4 aliphatic rings. The Kier molecular flexibility index (Phi) is 37.6. The molecule has 3 aromatic carbocycles. The predicted molar refractivity (Wildman–Crippen MR) is 474 cm³/mol. The van der Waals surface area contributed by atoms with Crippen LogP contribution in [0.25, 0.3) is 21.0 Å². The molecule has 0 radical (unpaired) electrons. The molecule has 41 nitrogen and oxygen atoms in total. The van der Waals surface area contributed by atoms with Gasteiger partial charge in [-0.3, -0.25) is 86.3 Å². The Bertz CT molecular complexity index is 4990. The highest BCUT2D eigenvalue weighted by molar-refractivity contribution is 8.00. The predicted octanol–water partition coefficient (Wildman–Crippen LogP) is -2.69. The Morgan fingerprint density at radius 3 is 1.77 bits per heavy atom. The number of benzene rings is 3.